The number of carbonyl (C=O) groups excluding carboxylic acids is 1. The Hall–Kier alpha value is -1.87. The van der Waals surface area contributed by atoms with E-state index in [0.29, 0.717) is 0 Å². The molecular formula is C18H20O2Si. The second-order valence-electron chi connectivity index (χ2n) is 5.79. The van der Waals surface area contributed by atoms with Gasteiger partial charge in [0.15, 0.2) is 0 Å². The van der Waals surface area contributed by atoms with Crippen LogP contribution in [0.2, 0.25) is 12.1 Å². The van der Waals surface area contributed by atoms with Crippen molar-refractivity contribution in [2.24, 2.45) is 0 Å². The van der Waals surface area contributed by atoms with Crippen LogP contribution in [0.15, 0.2) is 60.7 Å². The number of benzene rings is 2. The summed E-state index contributed by atoms with van der Waals surface area (Å²) in [4.78, 5) is 11.3. The van der Waals surface area contributed by atoms with Crippen LogP contribution in [0.1, 0.15) is 13.3 Å². The molecule has 0 bridgehead atoms. The van der Waals surface area contributed by atoms with E-state index in [1.54, 1.807) is 0 Å². The molecule has 1 aliphatic rings. The van der Waals surface area contributed by atoms with E-state index in [4.69, 9.17) is 4.74 Å². The summed E-state index contributed by atoms with van der Waals surface area (Å²) in [6, 6.07) is 23.7. The summed E-state index contributed by atoms with van der Waals surface area (Å²) >= 11 is 0. The van der Waals surface area contributed by atoms with Gasteiger partial charge in [0, 0.05) is 6.92 Å². The first-order chi connectivity index (χ1) is 10.2. The third-order valence-electron chi connectivity index (χ3n) is 4.45. The standard InChI is InChI=1S/C18H20O2Si/c1-15(19)20-16-12-13-21(14-16,17-8-4-2-5-9-17)18-10-6-3-7-11-18/h2-11,16H,12-14H2,1H3. The molecule has 0 aliphatic carbocycles. The Balaban J connectivity index is 2.00. The van der Waals surface area contributed by atoms with Crippen molar-refractivity contribution in [2.75, 3.05) is 0 Å². The fraction of sp³-hybridized carbons (Fsp3) is 0.278. The SMILES string of the molecule is CC(=O)OC1CC[Si](c2ccccc2)(c2ccccc2)C1. The number of esters is 1. The molecule has 0 N–H and O–H groups in total. The molecule has 1 heterocycles. The first-order valence-corrected chi connectivity index (χ1v) is 9.90. The monoisotopic (exact) mass is 296 g/mol. The Morgan fingerprint density at radius 1 is 1.00 bits per heavy atom. The van der Waals surface area contributed by atoms with Gasteiger partial charge in [0.1, 0.15) is 8.07 Å². The summed E-state index contributed by atoms with van der Waals surface area (Å²) < 4.78 is 5.51. The molecule has 0 amide bonds. The van der Waals surface area contributed by atoms with E-state index in [-0.39, 0.29) is 12.1 Å². The largest absolute Gasteiger partial charge is 0.463 e. The van der Waals surface area contributed by atoms with Crippen LogP contribution < -0.4 is 10.4 Å². The van der Waals surface area contributed by atoms with E-state index in [9.17, 15) is 4.79 Å². The lowest BCUT2D eigenvalue weighted by molar-refractivity contribution is -0.145. The lowest BCUT2D eigenvalue weighted by Crippen LogP contribution is -2.56. The van der Waals surface area contributed by atoms with Crippen molar-refractivity contribution < 1.29 is 9.53 Å². The molecule has 2 nitrogen and oxygen atoms in total. The van der Waals surface area contributed by atoms with Gasteiger partial charge in [0.2, 0.25) is 0 Å². The van der Waals surface area contributed by atoms with Gasteiger partial charge in [-0.2, -0.15) is 0 Å². The van der Waals surface area contributed by atoms with Crippen LogP contribution in [-0.4, -0.2) is 20.1 Å². The summed E-state index contributed by atoms with van der Waals surface area (Å²) in [7, 11) is -1.79. The van der Waals surface area contributed by atoms with Gasteiger partial charge in [-0.25, -0.2) is 0 Å². The Morgan fingerprint density at radius 2 is 1.52 bits per heavy atom. The zero-order valence-corrected chi connectivity index (χ0v) is 13.3. The minimum absolute atomic E-state index is 0.0783. The molecule has 2 aromatic rings. The van der Waals surface area contributed by atoms with Crippen molar-refractivity contribution in [2.45, 2.75) is 31.5 Å². The number of carbonyl (C=O) groups is 1. The second kappa shape index (κ2) is 5.86. The smallest absolute Gasteiger partial charge is 0.302 e. The first-order valence-electron chi connectivity index (χ1n) is 7.49. The van der Waals surface area contributed by atoms with Crippen LogP contribution in [0, 0.1) is 0 Å². The van der Waals surface area contributed by atoms with Crippen LogP contribution >= 0.6 is 0 Å². The second-order valence-corrected chi connectivity index (χ2v) is 10.0. The van der Waals surface area contributed by atoms with E-state index < -0.39 is 8.07 Å². The molecule has 0 aromatic heterocycles. The molecule has 1 saturated heterocycles. The molecule has 3 heteroatoms. The number of hydrogen-bond acceptors (Lipinski definition) is 2. The van der Waals surface area contributed by atoms with Crippen molar-refractivity contribution in [1.82, 2.24) is 0 Å². The molecule has 21 heavy (non-hydrogen) atoms. The molecule has 3 rings (SSSR count). The Bertz CT molecular complexity index is 570. The molecule has 0 radical (unpaired) electrons. The van der Waals surface area contributed by atoms with Crippen LogP contribution in [-0.2, 0) is 9.53 Å². The van der Waals surface area contributed by atoms with Crippen LogP contribution in [0.4, 0.5) is 0 Å². The fourth-order valence-electron chi connectivity index (χ4n) is 3.54. The van der Waals surface area contributed by atoms with Crippen LogP contribution in [0.25, 0.3) is 0 Å². The summed E-state index contributed by atoms with van der Waals surface area (Å²) in [5.74, 6) is -0.161. The molecule has 1 aliphatic heterocycles. The van der Waals surface area contributed by atoms with E-state index >= 15 is 0 Å². The Kier molecular flexibility index (Phi) is 3.93. The fourth-order valence-corrected chi connectivity index (χ4v) is 8.67. The number of rotatable bonds is 3. The van der Waals surface area contributed by atoms with Crippen LogP contribution in [0.5, 0.6) is 0 Å². The molecule has 0 saturated carbocycles. The summed E-state index contributed by atoms with van der Waals surface area (Å²) in [5.41, 5.74) is 0. The zero-order chi connectivity index (χ0) is 14.7. The van der Waals surface area contributed by atoms with Gasteiger partial charge in [-0.1, -0.05) is 71.0 Å². The highest BCUT2D eigenvalue weighted by Gasteiger charge is 2.45. The van der Waals surface area contributed by atoms with Crippen molar-refractivity contribution in [3.63, 3.8) is 0 Å². The lowest BCUT2D eigenvalue weighted by Gasteiger charge is -2.28. The average Bonchev–Trinajstić information content (AvgIpc) is 2.93. The maximum absolute atomic E-state index is 11.3. The minimum atomic E-state index is -1.79. The van der Waals surface area contributed by atoms with Crippen molar-refractivity contribution >= 4 is 24.4 Å². The number of ether oxygens (including phenoxy) is 1. The van der Waals surface area contributed by atoms with Gasteiger partial charge in [-0.15, -0.1) is 0 Å². The summed E-state index contributed by atoms with van der Waals surface area (Å²) in [6.07, 6.45) is 1.06. The zero-order valence-electron chi connectivity index (χ0n) is 12.3. The normalized spacial score (nSPS) is 20.1. The van der Waals surface area contributed by atoms with E-state index in [2.05, 4.69) is 60.7 Å². The highest BCUT2D eigenvalue weighted by Crippen LogP contribution is 2.32. The third kappa shape index (κ3) is 2.79. The molecule has 1 fully saturated rings. The summed E-state index contributed by atoms with van der Waals surface area (Å²) in [6.45, 7) is 1.51. The molecular weight excluding hydrogens is 276 g/mol. The molecule has 0 spiro atoms. The van der Waals surface area contributed by atoms with Gasteiger partial charge in [0.25, 0.3) is 0 Å². The first kappa shape index (κ1) is 14.1. The number of hydrogen-bond donors (Lipinski definition) is 0. The lowest BCUT2D eigenvalue weighted by atomic mass is 10.3. The maximum atomic E-state index is 11.3. The Labute approximate surface area is 126 Å². The highest BCUT2D eigenvalue weighted by atomic mass is 28.3. The van der Waals surface area contributed by atoms with Gasteiger partial charge in [-0.05, 0) is 18.5 Å². The minimum Gasteiger partial charge on any atom is -0.463 e. The van der Waals surface area contributed by atoms with E-state index in [1.807, 2.05) is 0 Å². The maximum Gasteiger partial charge on any atom is 0.302 e. The highest BCUT2D eigenvalue weighted by molar-refractivity contribution is 7.02. The Morgan fingerprint density at radius 3 is 2.00 bits per heavy atom. The van der Waals surface area contributed by atoms with Gasteiger partial charge >= 0.3 is 5.97 Å². The molecule has 108 valence electrons. The molecule has 1 unspecified atom stereocenters. The molecule has 1 atom stereocenters. The predicted octanol–water partition coefficient (Wildman–Crippen LogP) is 2.59. The van der Waals surface area contributed by atoms with Crippen LogP contribution in [0.3, 0.4) is 0 Å². The van der Waals surface area contributed by atoms with Gasteiger partial charge in [0.05, 0.1) is 6.10 Å². The topological polar surface area (TPSA) is 26.3 Å². The third-order valence-corrected chi connectivity index (χ3v) is 9.63. The van der Waals surface area contributed by atoms with Crippen molar-refractivity contribution in [1.29, 1.82) is 0 Å². The predicted molar refractivity (Wildman–Crippen MR) is 87.7 cm³/mol. The van der Waals surface area contributed by atoms with Gasteiger partial charge < -0.3 is 4.74 Å². The van der Waals surface area contributed by atoms with Crippen molar-refractivity contribution in [3.8, 4) is 0 Å². The molecule has 2 aromatic carbocycles. The average molecular weight is 296 g/mol. The van der Waals surface area contributed by atoms with Gasteiger partial charge in [-0.3, -0.25) is 4.79 Å². The van der Waals surface area contributed by atoms with E-state index in [0.717, 1.165) is 18.5 Å². The summed E-state index contributed by atoms with van der Waals surface area (Å²) in [5, 5.41) is 2.90. The van der Waals surface area contributed by atoms with Crippen molar-refractivity contribution in [3.05, 3.63) is 60.7 Å². The van der Waals surface area contributed by atoms with E-state index in [1.165, 1.54) is 17.3 Å². The quantitative estimate of drug-likeness (QED) is 0.643.